The van der Waals surface area contributed by atoms with Crippen molar-refractivity contribution in [2.45, 2.75) is 13.0 Å². The van der Waals surface area contributed by atoms with E-state index in [1.165, 1.54) is 12.1 Å². The quantitative estimate of drug-likeness (QED) is 0.832. The van der Waals surface area contributed by atoms with Crippen LogP contribution in [0.2, 0.25) is 0 Å². The van der Waals surface area contributed by atoms with Gasteiger partial charge in [0.1, 0.15) is 11.9 Å². The number of anilines is 1. The van der Waals surface area contributed by atoms with E-state index < -0.39 is 6.04 Å². The minimum atomic E-state index is -0.499. The van der Waals surface area contributed by atoms with Crippen LogP contribution in [0.15, 0.2) is 18.2 Å². The van der Waals surface area contributed by atoms with Crippen LogP contribution >= 0.6 is 0 Å². The van der Waals surface area contributed by atoms with E-state index in [1.54, 1.807) is 13.0 Å². The zero-order chi connectivity index (χ0) is 12.4. The fourth-order valence-corrected chi connectivity index (χ4v) is 1.78. The smallest absolute Gasteiger partial charge is 0.246 e. The first kappa shape index (κ1) is 11.6. The highest BCUT2D eigenvalue weighted by molar-refractivity contribution is 6.02. The lowest BCUT2D eigenvalue weighted by Crippen LogP contribution is -2.30. The molecule has 0 spiro atoms. The van der Waals surface area contributed by atoms with Gasteiger partial charge in [-0.25, -0.2) is 4.39 Å². The molecule has 0 bridgehead atoms. The van der Waals surface area contributed by atoms with Crippen LogP contribution in [0.4, 0.5) is 10.1 Å². The SMILES string of the molecule is CC(C#N)CNC1C(=O)Nc2cc(F)ccc21. The maximum atomic E-state index is 13.0. The normalized spacial score (nSPS) is 19.4. The number of rotatable bonds is 3. The van der Waals surface area contributed by atoms with Crippen molar-refractivity contribution in [1.29, 1.82) is 5.26 Å². The van der Waals surface area contributed by atoms with E-state index in [1.807, 2.05) is 0 Å². The van der Waals surface area contributed by atoms with E-state index in [4.69, 9.17) is 5.26 Å². The zero-order valence-electron chi connectivity index (χ0n) is 9.33. The maximum Gasteiger partial charge on any atom is 0.246 e. The first-order chi connectivity index (χ1) is 8.11. The molecule has 0 radical (unpaired) electrons. The topological polar surface area (TPSA) is 64.9 Å². The predicted octanol–water partition coefficient (Wildman–Crippen LogP) is 1.57. The Hall–Kier alpha value is -1.93. The molecule has 2 unspecified atom stereocenters. The number of halogens is 1. The Morgan fingerprint density at radius 3 is 3.12 bits per heavy atom. The van der Waals surface area contributed by atoms with Crippen molar-refractivity contribution in [3.8, 4) is 6.07 Å². The highest BCUT2D eigenvalue weighted by Crippen LogP contribution is 2.31. The van der Waals surface area contributed by atoms with Crippen LogP contribution in [0, 0.1) is 23.1 Å². The van der Waals surface area contributed by atoms with Crippen LogP contribution in [0.5, 0.6) is 0 Å². The molecule has 17 heavy (non-hydrogen) atoms. The van der Waals surface area contributed by atoms with Crippen LogP contribution in [0.25, 0.3) is 0 Å². The van der Waals surface area contributed by atoms with Gasteiger partial charge in [-0.1, -0.05) is 6.07 Å². The number of carbonyl (C=O) groups is 1. The van der Waals surface area contributed by atoms with Crippen molar-refractivity contribution in [2.24, 2.45) is 5.92 Å². The number of nitriles is 1. The number of nitrogens with zero attached hydrogens (tertiary/aromatic N) is 1. The van der Waals surface area contributed by atoms with Crippen LogP contribution in [0.1, 0.15) is 18.5 Å². The first-order valence-electron chi connectivity index (χ1n) is 5.35. The number of fused-ring (bicyclic) bond motifs is 1. The molecule has 5 heteroatoms. The van der Waals surface area contributed by atoms with E-state index >= 15 is 0 Å². The minimum absolute atomic E-state index is 0.174. The summed E-state index contributed by atoms with van der Waals surface area (Å²) in [6, 6.07) is 5.78. The molecule has 1 aromatic carbocycles. The molecule has 88 valence electrons. The highest BCUT2D eigenvalue weighted by Gasteiger charge is 2.30. The van der Waals surface area contributed by atoms with Gasteiger partial charge < -0.3 is 10.6 Å². The molecule has 0 aliphatic carbocycles. The lowest BCUT2D eigenvalue weighted by atomic mass is 10.1. The van der Waals surface area contributed by atoms with Crippen LogP contribution in [-0.4, -0.2) is 12.5 Å². The third-order valence-corrected chi connectivity index (χ3v) is 2.69. The van der Waals surface area contributed by atoms with Gasteiger partial charge >= 0.3 is 0 Å². The molecule has 1 heterocycles. The highest BCUT2D eigenvalue weighted by atomic mass is 19.1. The molecule has 0 aromatic heterocycles. The second kappa shape index (κ2) is 4.52. The summed E-state index contributed by atoms with van der Waals surface area (Å²) in [7, 11) is 0. The van der Waals surface area contributed by atoms with Crippen LogP contribution in [0.3, 0.4) is 0 Å². The van der Waals surface area contributed by atoms with Crippen molar-refractivity contribution in [3.63, 3.8) is 0 Å². The number of carbonyl (C=O) groups excluding carboxylic acids is 1. The fraction of sp³-hybridized carbons (Fsp3) is 0.333. The summed E-state index contributed by atoms with van der Waals surface area (Å²) in [6.07, 6.45) is 0. The predicted molar refractivity (Wildman–Crippen MR) is 60.6 cm³/mol. The van der Waals surface area contributed by atoms with Gasteiger partial charge in [0.15, 0.2) is 0 Å². The molecular weight excluding hydrogens is 221 g/mol. The fourth-order valence-electron chi connectivity index (χ4n) is 1.78. The van der Waals surface area contributed by atoms with Crippen molar-refractivity contribution < 1.29 is 9.18 Å². The average molecular weight is 233 g/mol. The van der Waals surface area contributed by atoms with Gasteiger partial charge in [-0.3, -0.25) is 4.79 Å². The van der Waals surface area contributed by atoms with Crippen molar-refractivity contribution in [2.75, 3.05) is 11.9 Å². The van der Waals surface area contributed by atoms with Gasteiger partial charge in [0.25, 0.3) is 0 Å². The van der Waals surface area contributed by atoms with E-state index in [0.29, 0.717) is 12.2 Å². The van der Waals surface area contributed by atoms with E-state index in [9.17, 15) is 9.18 Å². The summed E-state index contributed by atoms with van der Waals surface area (Å²) >= 11 is 0. The number of hydrogen-bond acceptors (Lipinski definition) is 3. The van der Waals surface area contributed by atoms with Gasteiger partial charge in [-0.05, 0) is 19.1 Å². The van der Waals surface area contributed by atoms with Crippen molar-refractivity contribution in [1.82, 2.24) is 5.32 Å². The molecule has 0 saturated carbocycles. The zero-order valence-corrected chi connectivity index (χ0v) is 9.33. The van der Waals surface area contributed by atoms with Gasteiger partial charge in [-0.2, -0.15) is 5.26 Å². The molecule has 0 fully saturated rings. The van der Waals surface area contributed by atoms with E-state index in [2.05, 4.69) is 16.7 Å². The molecule has 2 N–H and O–H groups in total. The summed E-state index contributed by atoms with van der Waals surface area (Å²) in [5, 5.41) is 14.3. The second-order valence-corrected chi connectivity index (χ2v) is 4.09. The lowest BCUT2D eigenvalue weighted by molar-refractivity contribution is -0.117. The van der Waals surface area contributed by atoms with Crippen molar-refractivity contribution >= 4 is 11.6 Å². The second-order valence-electron chi connectivity index (χ2n) is 4.09. The summed E-state index contributed by atoms with van der Waals surface area (Å²) in [5.41, 5.74) is 1.22. The summed E-state index contributed by atoms with van der Waals surface area (Å²) < 4.78 is 13.0. The van der Waals surface area contributed by atoms with Gasteiger partial charge in [-0.15, -0.1) is 0 Å². The maximum absolute atomic E-state index is 13.0. The number of amides is 1. The number of hydrogen-bond donors (Lipinski definition) is 2. The average Bonchev–Trinajstić information content (AvgIpc) is 2.61. The van der Waals surface area contributed by atoms with Crippen molar-refractivity contribution in [3.05, 3.63) is 29.6 Å². The Kier molecular flexibility index (Phi) is 3.07. The molecule has 1 aromatic rings. The molecule has 0 saturated heterocycles. The number of benzene rings is 1. The molecule has 1 aliphatic heterocycles. The Morgan fingerprint density at radius 1 is 1.65 bits per heavy atom. The Balaban J connectivity index is 2.15. The largest absolute Gasteiger partial charge is 0.324 e. The standard InChI is InChI=1S/C12H12FN3O/c1-7(5-14)6-15-11-9-3-2-8(13)4-10(9)16-12(11)17/h2-4,7,11,15H,6H2,1H3,(H,16,17). The Labute approximate surface area is 98.4 Å². The molecule has 1 aliphatic rings. The molecule has 2 atom stereocenters. The Morgan fingerprint density at radius 2 is 2.41 bits per heavy atom. The summed E-state index contributed by atoms with van der Waals surface area (Å²) in [4.78, 5) is 11.7. The third-order valence-electron chi connectivity index (χ3n) is 2.69. The third kappa shape index (κ3) is 2.27. The van der Waals surface area contributed by atoms with Gasteiger partial charge in [0.2, 0.25) is 5.91 Å². The number of nitrogens with one attached hydrogen (secondary N) is 2. The van der Waals surface area contributed by atoms with Gasteiger partial charge in [0, 0.05) is 17.8 Å². The molecule has 4 nitrogen and oxygen atoms in total. The van der Waals surface area contributed by atoms with Crippen LogP contribution in [-0.2, 0) is 4.79 Å². The van der Waals surface area contributed by atoms with E-state index in [-0.39, 0.29) is 17.6 Å². The van der Waals surface area contributed by atoms with E-state index in [0.717, 1.165) is 5.56 Å². The summed E-state index contributed by atoms with van der Waals surface area (Å²) in [5.74, 6) is -0.766. The monoisotopic (exact) mass is 233 g/mol. The molecule has 2 rings (SSSR count). The first-order valence-corrected chi connectivity index (χ1v) is 5.35. The van der Waals surface area contributed by atoms with Crippen LogP contribution < -0.4 is 10.6 Å². The summed E-state index contributed by atoms with van der Waals surface area (Å²) in [6.45, 7) is 2.19. The molecular formula is C12H12FN3O. The van der Waals surface area contributed by atoms with Gasteiger partial charge in [0.05, 0.1) is 12.0 Å². The minimum Gasteiger partial charge on any atom is -0.324 e. The Bertz CT molecular complexity index is 495. The molecule has 1 amide bonds. The lowest BCUT2D eigenvalue weighted by Gasteiger charge is -2.12.